The van der Waals surface area contributed by atoms with E-state index in [0.717, 1.165) is 32.1 Å². The van der Waals surface area contributed by atoms with Crippen LogP contribution in [0.25, 0.3) is 0 Å². The van der Waals surface area contributed by atoms with Gasteiger partial charge in [-0.1, -0.05) is 42.6 Å². The first kappa shape index (κ1) is 13.8. The summed E-state index contributed by atoms with van der Waals surface area (Å²) in [5, 5.41) is 1.25. The van der Waals surface area contributed by atoms with Gasteiger partial charge in [0.1, 0.15) is 0 Å². The van der Waals surface area contributed by atoms with Crippen molar-refractivity contribution in [1.82, 2.24) is 0 Å². The number of benzene rings is 1. The molecule has 1 nitrogen and oxygen atoms in total. The molecule has 1 rings (SSSR count). The first-order valence-electron chi connectivity index (χ1n) is 5.83. The predicted molar refractivity (Wildman–Crippen MR) is 72.3 cm³/mol. The van der Waals surface area contributed by atoms with Crippen molar-refractivity contribution >= 4 is 23.2 Å². The molecule has 2 N–H and O–H groups in total. The molecule has 1 atom stereocenters. The van der Waals surface area contributed by atoms with Crippen LogP contribution < -0.4 is 5.73 Å². The van der Waals surface area contributed by atoms with Crippen LogP contribution in [0.2, 0.25) is 10.0 Å². The first-order valence-corrected chi connectivity index (χ1v) is 6.58. The number of hydrogen-bond acceptors (Lipinski definition) is 1. The molecule has 0 aliphatic carbocycles. The maximum Gasteiger partial charge on any atom is 0.0595 e. The Morgan fingerprint density at radius 2 is 1.94 bits per heavy atom. The molecule has 3 heteroatoms. The van der Waals surface area contributed by atoms with E-state index in [1.165, 1.54) is 5.56 Å². The largest absolute Gasteiger partial charge is 0.328 e. The van der Waals surface area contributed by atoms with Gasteiger partial charge in [0.2, 0.25) is 0 Å². The number of aryl methyl sites for hydroxylation is 1. The van der Waals surface area contributed by atoms with Crippen LogP contribution in [0.1, 0.15) is 38.2 Å². The van der Waals surface area contributed by atoms with Gasteiger partial charge in [0, 0.05) is 6.04 Å². The third-order valence-corrected chi connectivity index (χ3v) is 3.42. The Morgan fingerprint density at radius 3 is 2.56 bits per heavy atom. The molecule has 0 amide bonds. The standard InChI is InChI=1S/C13H19Cl2N/c1-2-4-11(16)6-3-5-10-7-8-12(14)13(15)9-10/h7-9,11H,2-6,16H2,1H3. The molecule has 16 heavy (non-hydrogen) atoms. The van der Waals surface area contributed by atoms with E-state index in [0.29, 0.717) is 16.1 Å². The summed E-state index contributed by atoms with van der Waals surface area (Å²) in [5.74, 6) is 0. The van der Waals surface area contributed by atoms with E-state index >= 15 is 0 Å². The monoisotopic (exact) mass is 259 g/mol. The van der Waals surface area contributed by atoms with Gasteiger partial charge in [0.05, 0.1) is 10.0 Å². The number of halogens is 2. The van der Waals surface area contributed by atoms with Crippen molar-refractivity contribution in [2.75, 3.05) is 0 Å². The van der Waals surface area contributed by atoms with Gasteiger partial charge in [-0.15, -0.1) is 0 Å². The van der Waals surface area contributed by atoms with Crippen molar-refractivity contribution in [1.29, 1.82) is 0 Å². The Kier molecular flexibility index (Phi) is 6.18. The molecule has 0 aromatic heterocycles. The highest BCUT2D eigenvalue weighted by Crippen LogP contribution is 2.23. The molecule has 1 aromatic carbocycles. The maximum absolute atomic E-state index is 5.96. The predicted octanol–water partition coefficient (Wildman–Crippen LogP) is 4.44. The molecular formula is C13H19Cl2N. The van der Waals surface area contributed by atoms with Gasteiger partial charge in [-0.25, -0.2) is 0 Å². The van der Waals surface area contributed by atoms with Crippen LogP contribution >= 0.6 is 23.2 Å². The summed E-state index contributed by atoms with van der Waals surface area (Å²) in [4.78, 5) is 0. The quantitative estimate of drug-likeness (QED) is 0.803. The van der Waals surface area contributed by atoms with Crippen LogP contribution in [-0.4, -0.2) is 6.04 Å². The second kappa shape index (κ2) is 7.16. The van der Waals surface area contributed by atoms with E-state index in [1.54, 1.807) is 0 Å². The summed E-state index contributed by atoms with van der Waals surface area (Å²) in [6, 6.07) is 6.16. The molecule has 0 spiro atoms. The lowest BCUT2D eigenvalue weighted by Crippen LogP contribution is -2.19. The fourth-order valence-electron chi connectivity index (χ4n) is 1.78. The first-order chi connectivity index (χ1) is 7.63. The average Bonchev–Trinajstić information content (AvgIpc) is 2.24. The van der Waals surface area contributed by atoms with E-state index in [-0.39, 0.29) is 0 Å². The minimum atomic E-state index is 0.341. The molecule has 0 bridgehead atoms. The van der Waals surface area contributed by atoms with Gasteiger partial charge >= 0.3 is 0 Å². The highest BCUT2D eigenvalue weighted by atomic mass is 35.5. The van der Waals surface area contributed by atoms with Gasteiger partial charge in [-0.05, 0) is 43.4 Å². The number of rotatable bonds is 6. The topological polar surface area (TPSA) is 26.0 Å². The van der Waals surface area contributed by atoms with Crippen molar-refractivity contribution in [2.45, 2.75) is 45.1 Å². The number of nitrogens with two attached hydrogens (primary N) is 1. The Labute approximate surface area is 108 Å². The second-order valence-electron chi connectivity index (χ2n) is 4.19. The molecule has 1 unspecified atom stereocenters. The Balaban J connectivity index is 2.34. The highest BCUT2D eigenvalue weighted by molar-refractivity contribution is 6.42. The smallest absolute Gasteiger partial charge is 0.0595 e. The number of hydrogen-bond donors (Lipinski definition) is 1. The van der Waals surface area contributed by atoms with Crippen molar-refractivity contribution in [3.63, 3.8) is 0 Å². The lowest BCUT2D eigenvalue weighted by atomic mass is 10.0. The molecule has 0 saturated heterocycles. The second-order valence-corrected chi connectivity index (χ2v) is 5.00. The van der Waals surface area contributed by atoms with E-state index in [1.807, 2.05) is 18.2 Å². The summed E-state index contributed by atoms with van der Waals surface area (Å²) in [7, 11) is 0. The van der Waals surface area contributed by atoms with E-state index in [4.69, 9.17) is 28.9 Å². The van der Waals surface area contributed by atoms with Gasteiger partial charge in [-0.2, -0.15) is 0 Å². The zero-order valence-electron chi connectivity index (χ0n) is 9.68. The summed E-state index contributed by atoms with van der Waals surface area (Å²) in [5.41, 5.74) is 7.19. The minimum Gasteiger partial charge on any atom is -0.328 e. The Bertz CT molecular complexity index is 326. The van der Waals surface area contributed by atoms with Crippen LogP contribution in [0.4, 0.5) is 0 Å². The van der Waals surface area contributed by atoms with E-state index in [2.05, 4.69) is 6.92 Å². The van der Waals surface area contributed by atoms with Crippen LogP contribution in [0.5, 0.6) is 0 Å². The lowest BCUT2D eigenvalue weighted by Gasteiger charge is -2.09. The fraction of sp³-hybridized carbons (Fsp3) is 0.538. The highest BCUT2D eigenvalue weighted by Gasteiger charge is 2.03. The third-order valence-electron chi connectivity index (χ3n) is 2.68. The summed E-state index contributed by atoms with van der Waals surface area (Å²) in [6.45, 7) is 2.17. The Morgan fingerprint density at radius 1 is 1.19 bits per heavy atom. The van der Waals surface area contributed by atoms with Gasteiger partial charge < -0.3 is 5.73 Å². The summed E-state index contributed by atoms with van der Waals surface area (Å²) in [6.07, 6.45) is 5.48. The minimum absolute atomic E-state index is 0.341. The van der Waals surface area contributed by atoms with Crippen LogP contribution in [0.3, 0.4) is 0 Å². The van der Waals surface area contributed by atoms with Crippen molar-refractivity contribution in [3.05, 3.63) is 33.8 Å². The molecule has 90 valence electrons. The maximum atomic E-state index is 5.96. The van der Waals surface area contributed by atoms with Gasteiger partial charge in [0.25, 0.3) is 0 Å². The van der Waals surface area contributed by atoms with Crippen LogP contribution in [0.15, 0.2) is 18.2 Å². The Hall–Kier alpha value is -0.240. The van der Waals surface area contributed by atoms with E-state index in [9.17, 15) is 0 Å². The molecule has 0 aliphatic heterocycles. The fourth-order valence-corrected chi connectivity index (χ4v) is 2.10. The SMILES string of the molecule is CCCC(N)CCCc1ccc(Cl)c(Cl)c1. The summed E-state index contributed by atoms with van der Waals surface area (Å²) >= 11 is 11.8. The average molecular weight is 260 g/mol. The van der Waals surface area contributed by atoms with Crippen LogP contribution in [0, 0.1) is 0 Å². The molecule has 1 aromatic rings. The van der Waals surface area contributed by atoms with E-state index < -0.39 is 0 Å². The van der Waals surface area contributed by atoms with Crippen LogP contribution in [-0.2, 0) is 6.42 Å². The van der Waals surface area contributed by atoms with Gasteiger partial charge in [0.15, 0.2) is 0 Å². The normalized spacial score (nSPS) is 12.8. The molecule has 0 aliphatic rings. The zero-order valence-corrected chi connectivity index (χ0v) is 11.2. The molecular weight excluding hydrogens is 241 g/mol. The molecule has 0 saturated carbocycles. The van der Waals surface area contributed by atoms with Gasteiger partial charge in [-0.3, -0.25) is 0 Å². The zero-order chi connectivity index (χ0) is 12.0. The van der Waals surface area contributed by atoms with Crippen molar-refractivity contribution in [2.24, 2.45) is 5.73 Å². The molecule has 0 radical (unpaired) electrons. The lowest BCUT2D eigenvalue weighted by molar-refractivity contribution is 0.539. The molecule has 0 heterocycles. The van der Waals surface area contributed by atoms with Crippen molar-refractivity contribution < 1.29 is 0 Å². The van der Waals surface area contributed by atoms with Crippen molar-refractivity contribution in [3.8, 4) is 0 Å². The summed E-state index contributed by atoms with van der Waals surface area (Å²) < 4.78 is 0. The molecule has 0 fully saturated rings. The third kappa shape index (κ3) is 4.73.